The highest BCUT2D eigenvalue weighted by Gasteiger charge is 2.03. The number of amides is 1. The fraction of sp³-hybridized carbons (Fsp3) is 0.250. The number of nitrogens with one attached hydrogen (secondary N) is 1. The monoisotopic (exact) mass is 354 g/mol. The summed E-state index contributed by atoms with van der Waals surface area (Å²) in [6.07, 6.45) is 2.20. The Kier molecular flexibility index (Phi) is 6.50. The minimum Gasteiger partial charge on any atom is -0.484 e. The highest BCUT2D eigenvalue weighted by molar-refractivity contribution is 6.30. The lowest BCUT2D eigenvalue weighted by Gasteiger charge is -2.08. The molecule has 2 aromatic rings. The molecule has 0 aliphatic heterocycles. The van der Waals surface area contributed by atoms with Gasteiger partial charge in [-0.25, -0.2) is 0 Å². The molecule has 5 nitrogen and oxygen atoms in total. The van der Waals surface area contributed by atoms with E-state index in [0.717, 1.165) is 0 Å². The molecule has 2 rings (SSSR count). The number of aromatic nitrogens is 1. The third-order valence-corrected chi connectivity index (χ3v) is 3.50. The summed E-state index contributed by atoms with van der Waals surface area (Å²) in [4.78, 5) is 23.2. The van der Waals surface area contributed by atoms with E-state index in [4.69, 9.17) is 27.9 Å². The second-order valence-corrected chi connectivity index (χ2v) is 5.70. The largest absolute Gasteiger partial charge is 0.484 e. The summed E-state index contributed by atoms with van der Waals surface area (Å²) in [6, 6.07) is 9.74. The number of carbonyl (C=O) groups excluding carboxylic acids is 1. The van der Waals surface area contributed by atoms with E-state index in [2.05, 4.69) is 5.32 Å². The topological polar surface area (TPSA) is 60.3 Å². The van der Waals surface area contributed by atoms with Crippen LogP contribution in [0.15, 0.2) is 47.4 Å². The molecule has 0 radical (unpaired) electrons. The number of rotatable bonds is 7. The number of carbonyl (C=O) groups is 1. The van der Waals surface area contributed by atoms with Gasteiger partial charge in [0.15, 0.2) is 6.61 Å². The molecule has 1 amide bonds. The average molecular weight is 355 g/mol. The maximum atomic E-state index is 11.7. The normalized spacial score (nSPS) is 10.3. The Morgan fingerprint density at radius 1 is 1.09 bits per heavy atom. The maximum Gasteiger partial charge on any atom is 0.257 e. The number of nitrogens with zero attached hydrogens (tertiary/aromatic N) is 1. The Morgan fingerprint density at radius 3 is 2.52 bits per heavy atom. The summed E-state index contributed by atoms with van der Waals surface area (Å²) < 4.78 is 6.84. The Bertz CT molecular complexity index is 714. The standard InChI is InChI=1S/C16H16Cl2N2O3/c17-12-2-5-14(6-3-12)23-11-15(21)19-8-1-9-20-10-13(18)4-7-16(20)22/h2-7,10H,1,8-9,11H2,(H,19,21). The van der Waals surface area contributed by atoms with E-state index in [1.165, 1.54) is 10.6 Å². The highest BCUT2D eigenvalue weighted by Crippen LogP contribution is 2.15. The van der Waals surface area contributed by atoms with Gasteiger partial charge in [-0.2, -0.15) is 0 Å². The van der Waals surface area contributed by atoms with Crippen LogP contribution in [-0.2, 0) is 11.3 Å². The zero-order valence-corrected chi connectivity index (χ0v) is 13.8. The molecule has 0 aliphatic rings. The van der Waals surface area contributed by atoms with Crippen molar-refractivity contribution < 1.29 is 9.53 Å². The molecule has 0 fully saturated rings. The molecule has 0 aliphatic carbocycles. The van der Waals surface area contributed by atoms with Crippen molar-refractivity contribution in [3.05, 3.63) is 63.0 Å². The summed E-state index contributed by atoms with van der Waals surface area (Å²) in [5, 5.41) is 3.84. The minimum atomic E-state index is -0.224. The Labute approximate surface area is 143 Å². The van der Waals surface area contributed by atoms with Gasteiger partial charge in [-0.15, -0.1) is 0 Å². The smallest absolute Gasteiger partial charge is 0.257 e. The van der Waals surface area contributed by atoms with Crippen molar-refractivity contribution in [3.8, 4) is 5.75 Å². The molecule has 0 spiro atoms. The second kappa shape index (κ2) is 8.60. The second-order valence-electron chi connectivity index (χ2n) is 4.83. The van der Waals surface area contributed by atoms with E-state index in [9.17, 15) is 9.59 Å². The summed E-state index contributed by atoms with van der Waals surface area (Å²) in [6.45, 7) is 0.859. The predicted octanol–water partition coefficient (Wildman–Crippen LogP) is 2.74. The van der Waals surface area contributed by atoms with Gasteiger partial charge in [0.25, 0.3) is 11.5 Å². The highest BCUT2D eigenvalue weighted by atomic mass is 35.5. The number of aryl methyl sites for hydroxylation is 1. The first-order valence-corrected chi connectivity index (χ1v) is 7.81. The summed E-state index contributed by atoms with van der Waals surface area (Å²) >= 11 is 11.6. The first-order chi connectivity index (χ1) is 11.0. The Balaban J connectivity index is 1.67. The van der Waals surface area contributed by atoms with Crippen LogP contribution in [0.2, 0.25) is 10.0 Å². The van der Waals surface area contributed by atoms with Crippen molar-refractivity contribution >= 4 is 29.1 Å². The molecule has 0 bridgehead atoms. The van der Waals surface area contributed by atoms with Crippen LogP contribution in [0.4, 0.5) is 0 Å². The molecule has 7 heteroatoms. The predicted molar refractivity (Wildman–Crippen MR) is 90.3 cm³/mol. The molecule has 0 unspecified atom stereocenters. The molecule has 1 aromatic carbocycles. The molecule has 1 heterocycles. The van der Waals surface area contributed by atoms with Crippen LogP contribution >= 0.6 is 23.2 Å². The van der Waals surface area contributed by atoms with Crippen molar-refractivity contribution in [3.63, 3.8) is 0 Å². The van der Waals surface area contributed by atoms with E-state index in [-0.39, 0.29) is 18.1 Å². The van der Waals surface area contributed by atoms with E-state index >= 15 is 0 Å². The fourth-order valence-electron chi connectivity index (χ4n) is 1.88. The number of ether oxygens (including phenoxy) is 1. The van der Waals surface area contributed by atoms with E-state index in [1.54, 1.807) is 36.5 Å². The van der Waals surface area contributed by atoms with Crippen LogP contribution in [0.5, 0.6) is 5.75 Å². The van der Waals surface area contributed by atoms with E-state index in [1.807, 2.05) is 0 Å². The molecule has 1 N–H and O–H groups in total. The van der Waals surface area contributed by atoms with Crippen LogP contribution in [0.3, 0.4) is 0 Å². The van der Waals surface area contributed by atoms with Gasteiger partial charge in [-0.3, -0.25) is 9.59 Å². The molecule has 0 atom stereocenters. The van der Waals surface area contributed by atoms with E-state index < -0.39 is 0 Å². The summed E-state index contributed by atoms with van der Waals surface area (Å²) in [7, 11) is 0. The third-order valence-electron chi connectivity index (χ3n) is 3.03. The van der Waals surface area contributed by atoms with E-state index in [0.29, 0.717) is 35.3 Å². The lowest BCUT2D eigenvalue weighted by Crippen LogP contribution is -2.30. The number of benzene rings is 1. The summed E-state index contributed by atoms with van der Waals surface area (Å²) in [5.41, 5.74) is -0.119. The average Bonchev–Trinajstić information content (AvgIpc) is 2.54. The van der Waals surface area contributed by atoms with Gasteiger partial charge in [-0.05, 0) is 36.8 Å². The molecule has 0 saturated heterocycles. The molecule has 122 valence electrons. The van der Waals surface area contributed by atoms with Crippen LogP contribution in [-0.4, -0.2) is 23.6 Å². The van der Waals surface area contributed by atoms with Gasteiger partial charge in [0.05, 0.1) is 5.02 Å². The van der Waals surface area contributed by atoms with Gasteiger partial charge in [-0.1, -0.05) is 23.2 Å². The molecule has 23 heavy (non-hydrogen) atoms. The van der Waals surface area contributed by atoms with Crippen molar-refractivity contribution in [1.82, 2.24) is 9.88 Å². The van der Waals surface area contributed by atoms with Gasteiger partial charge < -0.3 is 14.6 Å². The van der Waals surface area contributed by atoms with Crippen LogP contribution in [0.25, 0.3) is 0 Å². The first-order valence-electron chi connectivity index (χ1n) is 7.05. The van der Waals surface area contributed by atoms with Crippen LogP contribution < -0.4 is 15.6 Å². The van der Waals surface area contributed by atoms with Gasteiger partial charge in [0, 0.05) is 30.4 Å². The van der Waals surface area contributed by atoms with Gasteiger partial charge in [0.1, 0.15) is 5.75 Å². The number of hydrogen-bond acceptors (Lipinski definition) is 3. The minimum absolute atomic E-state index is 0.0707. The Hall–Kier alpha value is -1.98. The quantitative estimate of drug-likeness (QED) is 0.777. The third kappa shape index (κ3) is 5.96. The Morgan fingerprint density at radius 2 is 1.78 bits per heavy atom. The molecular formula is C16H16Cl2N2O3. The van der Waals surface area contributed by atoms with Crippen molar-refractivity contribution in [2.45, 2.75) is 13.0 Å². The van der Waals surface area contributed by atoms with Crippen molar-refractivity contribution in [2.24, 2.45) is 0 Å². The zero-order valence-electron chi connectivity index (χ0n) is 12.3. The van der Waals surface area contributed by atoms with Crippen molar-refractivity contribution in [1.29, 1.82) is 0 Å². The molecule has 1 aromatic heterocycles. The van der Waals surface area contributed by atoms with Crippen LogP contribution in [0, 0.1) is 0 Å². The lowest BCUT2D eigenvalue weighted by atomic mass is 10.3. The number of halogens is 2. The van der Waals surface area contributed by atoms with Crippen molar-refractivity contribution in [2.75, 3.05) is 13.2 Å². The number of hydrogen-bond donors (Lipinski definition) is 1. The summed E-state index contributed by atoms with van der Waals surface area (Å²) in [5.74, 6) is 0.355. The first kappa shape index (κ1) is 17.4. The number of pyridine rings is 1. The fourth-order valence-corrected chi connectivity index (χ4v) is 2.19. The van der Waals surface area contributed by atoms with Crippen LogP contribution in [0.1, 0.15) is 6.42 Å². The molecule has 0 saturated carbocycles. The maximum absolute atomic E-state index is 11.7. The van der Waals surface area contributed by atoms with Gasteiger partial charge in [0.2, 0.25) is 0 Å². The SMILES string of the molecule is O=C(COc1ccc(Cl)cc1)NCCCn1cc(Cl)ccc1=O. The van der Waals surface area contributed by atoms with Gasteiger partial charge >= 0.3 is 0 Å². The zero-order chi connectivity index (χ0) is 16.7. The molecular weight excluding hydrogens is 339 g/mol. The lowest BCUT2D eigenvalue weighted by molar-refractivity contribution is -0.123.